The predicted octanol–water partition coefficient (Wildman–Crippen LogP) is 9.76. The molecule has 0 aliphatic heterocycles. The molecule has 0 fully saturated rings. The van der Waals surface area contributed by atoms with Gasteiger partial charge >= 0.3 is 36.1 Å². The maximum atomic E-state index is 13.6. The normalized spacial score (nSPS) is 12.1. The van der Waals surface area contributed by atoms with Gasteiger partial charge in [0.15, 0.2) is 5.75 Å². The minimum absolute atomic E-state index is 0. The summed E-state index contributed by atoms with van der Waals surface area (Å²) in [4.78, 5) is 87.3. The first-order chi connectivity index (χ1) is 39.8. The summed E-state index contributed by atoms with van der Waals surface area (Å²) in [5.74, 6) is -1.91. The number of ether oxygens (including phenoxy) is 3. The van der Waals surface area contributed by atoms with E-state index in [0.29, 0.717) is 25.0 Å². The number of aryl methyl sites for hydroxylation is 2. The van der Waals surface area contributed by atoms with E-state index in [4.69, 9.17) is 19.4 Å². The van der Waals surface area contributed by atoms with Gasteiger partial charge in [-0.1, -0.05) is 37.6 Å². The first kappa shape index (κ1) is 68.0. The number of carboxylic acids is 1. The minimum Gasteiger partial charge on any atom is -0.481 e. The van der Waals surface area contributed by atoms with Gasteiger partial charge in [-0.2, -0.15) is 52.7 Å². The second-order valence-electron chi connectivity index (χ2n) is 18.2. The number of rotatable bonds is 16. The van der Waals surface area contributed by atoms with Crippen LogP contribution in [-0.2, 0) is 92.1 Å². The number of alkyl halides is 12. The molecule has 0 saturated carbocycles. The van der Waals surface area contributed by atoms with Gasteiger partial charge in [0.05, 0.1) is 40.9 Å². The maximum absolute atomic E-state index is 13.6. The van der Waals surface area contributed by atoms with Gasteiger partial charge in [0, 0.05) is 89.1 Å². The fourth-order valence-corrected chi connectivity index (χ4v) is 8.16. The third-order valence-electron chi connectivity index (χ3n) is 12.2. The van der Waals surface area contributed by atoms with Crippen molar-refractivity contribution in [3.8, 4) is 23.0 Å². The Bertz CT molecular complexity index is 3980. The SMILES string of the molecule is CC(=O)O.CCCCn1c(=O)c2c(C(O)c3ccc(C(F)(F)F)nc3)c(Oc3cccc(C(F)(F)F)c3)cnc2n(C)c1=O.Cn1c(=O)n(CCCOC=O)c(=O)c2c(Cc3ccc(C(F)(F)F)nc3)c(Oc3cccc(C(F)(F)F)c3)cnc21.[Zn]. The van der Waals surface area contributed by atoms with Gasteiger partial charge in [0.25, 0.3) is 23.6 Å². The first-order valence-corrected chi connectivity index (χ1v) is 24.7. The number of carbonyl (C=O) groups excluding carboxylic acids is 1. The first-order valence-electron chi connectivity index (χ1n) is 24.7. The topological polar surface area (TPSA) is 242 Å². The molecule has 8 rings (SSSR count). The average Bonchev–Trinajstić information content (AvgIpc) is 0.839. The number of hydrogen-bond donors (Lipinski definition) is 2. The molecule has 2 N–H and O–H groups in total. The number of aromatic nitrogens is 8. The standard InChI is InChI=1S/C26H20F6N4O5.C26H22F6N4O4.C2H4O2.Zn/c1-35-22-21(23(38)36(24(35)39)8-3-9-40-14-37)18(10-15-6-7-20(33-12-15)26(30,31)32)19(13-34-22)41-17-5-2-4-16(11-17)25(27,28)29;1-3-4-10-36-23(38)20-19(21(37)14-8-9-18(33-12-14)26(30,31)32)17(13-34-22(20)35(2)24(36)39)40-16-7-5-6-15(11-16)25(27,28)29;1-2(3)4;/h2,4-7,11-14H,3,8-10H2,1H3;5-9,11-13,21,37H,3-4,10H2,1-2H3;1H3,(H,3,4);. The Morgan fingerprint density at radius 2 is 1.09 bits per heavy atom. The van der Waals surface area contributed by atoms with Crippen LogP contribution in [0.15, 0.2) is 117 Å². The van der Waals surface area contributed by atoms with E-state index in [1.54, 1.807) is 0 Å². The van der Waals surface area contributed by atoms with Gasteiger partial charge in [0.2, 0.25) is 0 Å². The number of carboxylic acid groups (broad SMARTS) is 1. The zero-order valence-corrected chi connectivity index (χ0v) is 48.2. The fourth-order valence-electron chi connectivity index (χ4n) is 8.16. The number of aliphatic hydroxyl groups excluding tert-OH is 1. The second kappa shape index (κ2) is 27.9. The molecule has 19 nitrogen and oxygen atoms in total. The largest absolute Gasteiger partial charge is 0.481 e. The Labute approximate surface area is 488 Å². The Hall–Kier alpha value is -8.80. The van der Waals surface area contributed by atoms with Crippen LogP contribution in [0.3, 0.4) is 0 Å². The molecule has 6 aromatic heterocycles. The molecule has 6 heterocycles. The van der Waals surface area contributed by atoms with Crippen LogP contribution in [0.5, 0.6) is 23.0 Å². The van der Waals surface area contributed by atoms with Crippen molar-refractivity contribution in [1.29, 1.82) is 0 Å². The number of fused-ring (bicyclic) bond motifs is 2. The monoisotopic (exact) mass is 1270 g/mol. The Morgan fingerprint density at radius 3 is 1.55 bits per heavy atom. The molecular formula is C54H46F12N8O11Zn. The van der Waals surface area contributed by atoms with Crippen molar-refractivity contribution in [2.45, 2.75) is 83.4 Å². The van der Waals surface area contributed by atoms with Crippen molar-refractivity contribution < 1.29 is 106 Å². The van der Waals surface area contributed by atoms with Gasteiger partial charge < -0.3 is 24.4 Å². The Balaban J connectivity index is 0.000000292. The number of nitrogens with zero attached hydrogens (tertiary/aromatic N) is 8. The van der Waals surface area contributed by atoms with E-state index in [9.17, 15) is 81.8 Å². The molecule has 1 unspecified atom stereocenters. The summed E-state index contributed by atoms with van der Waals surface area (Å²) in [5.41, 5.74) is -8.03. The smallest absolute Gasteiger partial charge is 0.433 e. The van der Waals surface area contributed by atoms with E-state index in [-0.39, 0.29) is 126 Å². The number of benzene rings is 2. The summed E-state index contributed by atoms with van der Waals surface area (Å²) in [7, 11) is 2.68. The van der Waals surface area contributed by atoms with Crippen molar-refractivity contribution in [1.82, 2.24) is 38.2 Å². The van der Waals surface area contributed by atoms with E-state index in [1.165, 1.54) is 26.2 Å². The average molecular weight is 1280 g/mol. The van der Waals surface area contributed by atoms with Gasteiger partial charge in [-0.25, -0.2) is 19.6 Å². The van der Waals surface area contributed by atoms with Crippen LogP contribution in [0.4, 0.5) is 52.7 Å². The fraction of sp³-hybridized carbons (Fsp3) is 0.296. The molecule has 86 heavy (non-hydrogen) atoms. The molecule has 0 bridgehead atoms. The third-order valence-corrected chi connectivity index (χ3v) is 12.2. The molecule has 0 radical (unpaired) electrons. The predicted molar refractivity (Wildman–Crippen MR) is 276 cm³/mol. The zero-order chi connectivity index (χ0) is 62.9. The summed E-state index contributed by atoms with van der Waals surface area (Å²) in [6.07, 6.45) is -15.9. The van der Waals surface area contributed by atoms with Gasteiger partial charge in [-0.15, -0.1) is 0 Å². The Morgan fingerprint density at radius 1 is 0.628 bits per heavy atom. The zero-order valence-electron chi connectivity index (χ0n) is 45.2. The number of hydrogen-bond acceptors (Lipinski definition) is 14. The summed E-state index contributed by atoms with van der Waals surface area (Å²) in [6.45, 7) is 2.91. The van der Waals surface area contributed by atoms with E-state index in [0.717, 1.165) is 98.5 Å². The molecular weight excluding hydrogens is 1230 g/mol. The number of aliphatic carboxylic acids is 1. The van der Waals surface area contributed by atoms with Gasteiger partial charge in [-0.3, -0.25) is 47.4 Å². The molecule has 0 aliphatic carbocycles. The maximum Gasteiger partial charge on any atom is 0.433 e. The van der Waals surface area contributed by atoms with Crippen molar-refractivity contribution in [2.24, 2.45) is 14.1 Å². The van der Waals surface area contributed by atoms with Crippen LogP contribution in [0.1, 0.15) is 84.0 Å². The summed E-state index contributed by atoms with van der Waals surface area (Å²) in [6, 6.07) is 11.2. The van der Waals surface area contributed by atoms with E-state index in [2.05, 4.69) is 24.7 Å². The molecule has 0 aliphatic rings. The van der Waals surface area contributed by atoms with Crippen LogP contribution >= 0.6 is 0 Å². The molecule has 8 aromatic rings. The third kappa shape index (κ3) is 16.3. The summed E-state index contributed by atoms with van der Waals surface area (Å²) >= 11 is 0. The summed E-state index contributed by atoms with van der Waals surface area (Å²) < 4.78 is 178. The molecule has 454 valence electrons. The van der Waals surface area contributed by atoms with Crippen LogP contribution < -0.4 is 32.0 Å². The quantitative estimate of drug-likeness (QED) is 0.0396. The van der Waals surface area contributed by atoms with E-state index < -0.39 is 81.8 Å². The number of unbranched alkanes of at least 4 members (excludes halogenated alkanes) is 1. The minimum atomic E-state index is -4.75. The molecule has 0 amide bonds. The molecule has 0 saturated heterocycles. The number of aliphatic hydroxyl groups is 1. The van der Waals surface area contributed by atoms with Gasteiger partial charge in [-0.05, 0) is 66.9 Å². The van der Waals surface area contributed by atoms with Crippen molar-refractivity contribution in [2.75, 3.05) is 6.61 Å². The van der Waals surface area contributed by atoms with Gasteiger partial charge in [0.1, 0.15) is 46.0 Å². The Kier molecular flexibility index (Phi) is 22.1. The molecule has 1 atom stereocenters. The second-order valence-corrected chi connectivity index (χ2v) is 18.2. The van der Waals surface area contributed by atoms with Crippen LogP contribution in [0.2, 0.25) is 0 Å². The molecule has 0 spiro atoms. The molecule has 32 heteroatoms. The van der Waals surface area contributed by atoms with Crippen molar-refractivity contribution >= 4 is 34.5 Å². The van der Waals surface area contributed by atoms with Crippen molar-refractivity contribution in [3.63, 3.8) is 0 Å². The number of pyridine rings is 4. The number of carbonyl (C=O) groups is 2. The van der Waals surface area contributed by atoms with E-state index >= 15 is 0 Å². The van der Waals surface area contributed by atoms with Crippen LogP contribution in [0, 0.1) is 0 Å². The van der Waals surface area contributed by atoms with Crippen LogP contribution in [-0.4, -0.2) is 67.5 Å². The molecule has 2 aromatic carbocycles. The van der Waals surface area contributed by atoms with Crippen molar-refractivity contribution in [3.05, 3.63) is 184 Å². The van der Waals surface area contributed by atoms with Crippen LogP contribution in [0.25, 0.3) is 22.1 Å². The summed E-state index contributed by atoms with van der Waals surface area (Å²) in [5, 5.41) is 18.3. The van der Waals surface area contributed by atoms with E-state index in [1.807, 2.05) is 6.92 Å². The number of halogens is 12.